The van der Waals surface area contributed by atoms with Crippen molar-refractivity contribution < 1.29 is 4.74 Å². The van der Waals surface area contributed by atoms with Crippen molar-refractivity contribution in [2.24, 2.45) is 5.92 Å². The summed E-state index contributed by atoms with van der Waals surface area (Å²) in [6.07, 6.45) is 0. The predicted molar refractivity (Wildman–Crippen MR) is 85.6 cm³/mol. The first-order chi connectivity index (χ1) is 9.65. The topological polar surface area (TPSA) is 21.3 Å². The van der Waals surface area contributed by atoms with E-state index in [1.54, 1.807) is 0 Å². The van der Waals surface area contributed by atoms with Crippen molar-refractivity contribution in [1.29, 1.82) is 0 Å². The first-order valence-electron chi connectivity index (χ1n) is 6.85. The third-order valence-electron chi connectivity index (χ3n) is 2.85. The van der Waals surface area contributed by atoms with Crippen molar-refractivity contribution in [2.75, 3.05) is 11.9 Å². The van der Waals surface area contributed by atoms with Crippen LogP contribution in [0, 0.1) is 5.92 Å². The third-order valence-corrected chi connectivity index (χ3v) is 3.09. The zero-order valence-corrected chi connectivity index (χ0v) is 12.7. The molecule has 0 aliphatic heterocycles. The van der Waals surface area contributed by atoms with Crippen molar-refractivity contribution in [1.82, 2.24) is 0 Å². The molecule has 0 saturated carbocycles. The van der Waals surface area contributed by atoms with Gasteiger partial charge in [-0.3, -0.25) is 0 Å². The summed E-state index contributed by atoms with van der Waals surface area (Å²) in [5.41, 5.74) is 2.16. The zero-order valence-electron chi connectivity index (χ0n) is 11.9. The number of benzene rings is 2. The molecule has 0 radical (unpaired) electrons. The Labute approximate surface area is 125 Å². The SMILES string of the molecule is CC(C)COc1ccccc1CNc1cccc(Cl)c1. The summed E-state index contributed by atoms with van der Waals surface area (Å²) in [6, 6.07) is 15.8. The molecule has 0 unspecified atom stereocenters. The molecule has 2 rings (SSSR count). The van der Waals surface area contributed by atoms with Gasteiger partial charge in [0.05, 0.1) is 6.61 Å². The lowest BCUT2D eigenvalue weighted by Gasteiger charge is -2.14. The summed E-state index contributed by atoms with van der Waals surface area (Å²) in [4.78, 5) is 0. The second-order valence-corrected chi connectivity index (χ2v) is 5.61. The summed E-state index contributed by atoms with van der Waals surface area (Å²) >= 11 is 5.98. The molecule has 0 amide bonds. The van der Waals surface area contributed by atoms with Gasteiger partial charge in [0.25, 0.3) is 0 Å². The predicted octanol–water partition coefficient (Wildman–Crippen LogP) is 4.99. The number of hydrogen-bond acceptors (Lipinski definition) is 2. The molecular formula is C17H20ClNO. The molecular weight excluding hydrogens is 270 g/mol. The molecule has 0 aliphatic rings. The highest BCUT2D eigenvalue weighted by Crippen LogP contribution is 2.21. The van der Waals surface area contributed by atoms with E-state index in [9.17, 15) is 0 Å². The molecule has 0 bridgehead atoms. The van der Waals surface area contributed by atoms with Crippen LogP contribution in [-0.4, -0.2) is 6.61 Å². The molecule has 2 aromatic carbocycles. The fourth-order valence-corrected chi connectivity index (χ4v) is 2.03. The van der Waals surface area contributed by atoms with E-state index in [-0.39, 0.29) is 0 Å². The van der Waals surface area contributed by atoms with Crippen LogP contribution in [0.15, 0.2) is 48.5 Å². The van der Waals surface area contributed by atoms with E-state index in [4.69, 9.17) is 16.3 Å². The molecule has 0 fully saturated rings. The number of halogens is 1. The van der Waals surface area contributed by atoms with Crippen molar-refractivity contribution in [3.63, 3.8) is 0 Å². The van der Waals surface area contributed by atoms with E-state index in [0.29, 0.717) is 12.5 Å². The Balaban J connectivity index is 2.02. The normalized spacial score (nSPS) is 10.6. The summed E-state index contributed by atoms with van der Waals surface area (Å²) < 4.78 is 5.84. The molecule has 106 valence electrons. The minimum atomic E-state index is 0.518. The first kappa shape index (κ1) is 14.7. The number of nitrogens with one attached hydrogen (secondary N) is 1. The quantitative estimate of drug-likeness (QED) is 0.809. The van der Waals surface area contributed by atoms with Crippen LogP contribution in [0.5, 0.6) is 5.75 Å². The maximum atomic E-state index is 5.98. The summed E-state index contributed by atoms with van der Waals surface area (Å²) in [6.45, 7) is 5.74. The van der Waals surface area contributed by atoms with Gasteiger partial charge >= 0.3 is 0 Å². The molecule has 0 atom stereocenters. The Morgan fingerprint density at radius 2 is 1.90 bits per heavy atom. The number of para-hydroxylation sites is 1. The van der Waals surface area contributed by atoms with E-state index in [1.807, 2.05) is 42.5 Å². The molecule has 1 N–H and O–H groups in total. The van der Waals surface area contributed by atoms with Gasteiger partial charge in [-0.2, -0.15) is 0 Å². The maximum Gasteiger partial charge on any atom is 0.124 e. The maximum absolute atomic E-state index is 5.98. The number of hydrogen-bond donors (Lipinski definition) is 1. The lowest BCUT2D eigenvalue weighted by atomic mass is 10.2. The van der Waals surface area contributed by atoms with Gasteiger partial charge in [-0.25, -0.2) is 0 Å². The van der Waals surface area contributed by atoms with Gasteiger partial charge in [-0.15, -0.1) is 0 Å². The second kappa shape index (κ2) is 7.20. The highest BCUT2D eigenvalue weighted by atomic mass is 35.5. The lowest BCUT2D eigenvalue weighted by Crippen LogP contribution is -2.08. The number of ether oxygens (including phenoxy) is 1. The number of rotatable bonds is 6. The molecule has 0 heterocycles. The van der Waals surface area contributed by atoms with Gasteiger partial charge in [0, 0.05) is 22.8 Å². The van der Waals surface area contributed by atoms with E-state index in [2.05, 4.69) is 25.2 Å². The van der Waals surface area contributed by atoms with Crippen LogP contribution in [0.1, 0.15) is 19.4 Å². The summed E-state index contributed by atoms with van der Waals surface area (Å²) in [7, 11) is 0. The molecule has 0 spiro atoms. The minimum absolute atomic E-state index is 0.518. The van der Waals surface area contributed by atoms with Crippen LogP contribution in [0.2, 0.25) is 5.02 Å². The van der Waals surface area contributed by atoms with Crippen LogP contribution in [0.4, 0.5) is 5.69 Å². The summed E-state index contributed by atoms with van der Waals surface area (Å²) in [5, 5.41) is 4.10. The van der Waals surface area contributed by atoms with Crippen molar-refractivity contribution >= 4 is 17.3 Å². The highest BCUT2D eigenvalue weighted by Gasteiger charge is 2.04. The summed E-state index contributed by atoms with van der Waals surface area (Å²) in [5.74, 6) is 1.46. The zero-order chi connectivity index (χ0) is 14.4. The van der Waals surface area contributed by atoms with Gasteiger partial charge in [-0.1, -0.05) is 49.7 Å². The van der Waals surface area contributed by atoms with Crippen molar-refractivity contribution in [2.45, 2.75) is 20.4 Å². The molecule has 2 aromatic rings. The van der Waals surface area contributed by atoms with Gasteiger partial charge in [0.1, 0.15) is 5.75 Å². The fraction of sp³-hybridized carbons (Fsp3) is 0.294. The van der Waals surface area contributed by atoms with Crippen LogP contribution in [-0.2, 0) is 6.54 Å². The minimum Gasteiger partial charge on any atom is -0.493 e. The monoisotopic (exact) mass is 289 g/mol. The van der Waals surface area contributed by atoms with Crippen LogP contribution in [0.25, 0.3) is 0 Å². The van der Waals surface area contributed by atoms with Gasteiger partial charge in [-0.05, 0) is 30.2 Å². The van der Waals surface area contributed by atoms with Gasteiger partial charge in [0.15, 0.2) is 0 Å². The Bertz CT molecular complexity index is 554. The van der Waals surface area contributed by atoms with Gasteiger partial charge in [0.2, 0.25) is 0 Å². The molecule has 0 aliphatic carbocycles. The first-order valence-corrected chi connectivity index (χ1v) is 7.23. The molecule has 0 aromatic heterocycles. The van der Waals surface area contributed by atoms with E-state index in [0.717, 1.165) is 28.6 Å². The van der Waals surface area contributed by atoms with Crippen molar-refractivity contribution in [3.05, 3.63) is 59.1 Å². The Kier molecular flexibility index (Phi) is 5.31. The molecule has 0 saturated heterocycles. The number of anilines is 1. The molecule has 20 heavy (non-hydrogen) atoms. The van der Waals surface area contributed by atoms with E-state index < -0.39 is 0 Å². The van der Waals surface area contributed by atoms with E-state index >= 15 is 0 Å². The van der Waals surface area contributed by atoms with Crippen LogP contribution < -0.4 is 10.1 Å². The average molecular weight is 290 g/mol. The van der Waals surface area contributed by atoms with Crippen molar-refractivity contribution in [3.8, 4) is 5.75 Å². The van der Waals surface area contributed by atoms with Gasteiger partial charge < -0.3 is 10.1 Å². The van der Waals surface area contributed by atoms with Crippen LogP contribution in [0.3, 0.4) is 0 Å². The average Bonchev–Trinajstić information content (AvgIpc) is 2.44. The van der Waals surface area contributed by atoms with Crippen LogP contribution >= 0.6 is 11.6 Å². The molecule has 2 nitrogen and oxygen atoms in total. The smallest absolute Gasteiger partial charge is 0.124 e. The second-order valence-electron chi connectivity index (χ2n) is 5.18. The Morgan fingerprint density at radius 1 is 1.10 bits per heavy atom. The lowest BCUT2D eigenvalue weighted by molar-refractivity contribution is 0.269. The Morgan fingerprint density at radius 3 is 2.65 bits per heavy atom. The fourth-order valence-electron chi connectivity index (χ4n) is 1.84. The standard InChI is InChI=1S/C17H20ClNO/c1-13(2)12-20-17-9-4-3-6-14(17)11-19-16-8-5-7-15(18)10-16/h3-10,13,19H,11-12H2,1-2H3. The van der Waals surface area contributed by atoms with E-state index in [1.165, 1.54) is 0 Å². The Hall–Kier alpha value is -1.67. The molecule has 3 heteroatoms. The largest absolute Gasteiger partial charge is 0.493 e. The highest BCUT2D eigenvalue weighted by molar-refractivity contribution is 6.30. The third kappa shape index (κ3) is 4.46.